The van der Waals surface area contributed by atoms with Crippen LogP contribution in [0.3, 0.4) is 0 Å². The highest BCUT2D eigenvalue weighted by Gasteiger charge is 2.20. The Kier molecular flexibility index (Phi) is 6.46. The van der Waals surface area contributed by atoms with Gasteiger partial charge in [-0.3, -0.25) is 9.63 Å². The standard InChI is InChI=1S/C13H14N2O8/c1-8(23-15(19)20)13(18)21-7-12(17)22-11-5-3-10(4-6-11)14-9(2)16/h3-6,8H,7H2,1-2H3,(H,14,16). The first kappa shape index (κ1) is 17.9. The van der Waals surface area contributed by atoms with E-state index >= 15 is 0 Å². The van der Waals surface area contributed by atoms with Crippen molar-refractivity contribution in [2.75, 3.05) is 11.9 Å². The predicted octanol–water partition coefficient (Wildman–Crippen LogP) is 0.690. The van der Waals surface area contributed by atoms with Gasteiger partial charge in [-0.2, -0.15) is 0 Å². The Hall–Kier alpha value is -3.17. The Balaban J connectivity index is 2.43. The SMILES string of the molecule is CC(=O)Nc1ccc(OC(=O)COC(=O)C(C)O[N+](=O)[O-])cc1. The van der Waals surface area contributed by atoms with Crippen LogP contribution >= 0.6 is 0 Å². The van der Waals surface area contributed by atoms with E-state index in [9.17, 15) is 24.5 Å². The van der Waals surface area contributed by atoms with Crippen molar-refractivity contribution in [3.63, 3.8) is 0 Å². The van der Waals surface area contributed by atoms with Crippen molar-refractivity contribution in [1.29, 1.82) is 0 Å². The molecule has 0 aliphatic carbocycles. The molecule has 0 spiro atoms. The maximum absolute atomic E-state index is 11.5. The number of rotatable bonds is 7. The van der Waals surface area contributed by atoms with Crippen LogP contribution in [0.1, 0.15) is 13.8 Å². The second kappa shape index (κ2) is 8.32. The van der Waals surface area contributed by atoms with E-state index in [1.165, 1.54) is 31.2 Å². The zero-order valence-corrected chi connectivity index (χ0v) is 12.3. The van der Waals surface area contributed by atoms with Gasteiger partial charge in [-0.1, -0.05) is 0 Å². The van der Waals surface area contributed by atoms with E-state index in [1.807, 2.05) is 0 Å². The van der Waals surface area contributed by atoms with Gasteiger partial charge in [0.2, 0.25) is 12.0 Å². The van der Waals surface area contributed by atoms with Crippen LogP contribution in [0.4, 0.5) is 5.69 Å². The highest BCUT2D eigenvalue weighted by atomic mass is 17.0. The van der Waals surface area contributed by atoms with Crippen molar-refractivity contribution >= 4 is 23.5 Å². The van der Waals surface area contributed by atoms with Crippen LogP contribution in [-0.2, 0) is 24.0 Å². The minimum atomic E-state index is -1.45. The van der Waals surface area contributed by atoms with Crippen molar-refractivity contribution in [2.24, 2.45) is 0 Å². The normalized spacial score (nSPS) is 11.0. The number of carbonyl (C=O) groups is 3. The Labute approximate surface area is 130 Å². The fourth-order valence-corrected chi connectivity index (χ4v) is 1.39. The Bertz CT molecular complexity index is 598. The number of carbonyl (C=O) groups excluding carboxylic acids is 3. The summed E-state index contributed by atoms with van der Waals surface area (Å²) >= 11 is 0. The quantitative estimate of drug-likeness (QED) is 0.335. The average Bonchev–Trinajstić information content (AvgIpc) is 2.45. The molecule has 0 fully saturated rings. The molecule has 10 heteroatoms. The molecule has 0 saturated carbocycles. The molecular formula is C13H14N2O8. The van der Waals surface area contributed by atoms with Gasteiger partial charge in [-0.15, -0.1) is 10.1 Å². The molecule has 0 saturated heterocycles. The third kappa shape index (κ3) is 6.89. The highest BCUT2D eigenvalue weighted by Crippen LogP contribution is 2.15. The summed E-state index contributed by atoms with van der Waals surface area (Å²) in [6, 6.07) is 5.90. The lowest BCUT2D eigenvalue weighted by Crippen LogP contribution is -2.28. The van der Waals surface area contributed by atoms with Gasteiger partial charge >= 0.3 is 11.9 Å². The molecule has 0 heterocycles. The number of nitrogens with zero attached hydrogens (tertiary/aromatic N) is 1. The maximum Gasteiger partial charge on any atom is 0.349 e. The number of anilines is 1. The molecule has 0 aliphatic rings. The number of nitrogens with one attached hydrogen (secondary N) is 1. The van der Waals surface area contributed by atoms with Crippen LogP contribution in [0, 0.1) is 10.1 Å². The number of hydrogen-bond donors (Lipinski definition) is 1. The van der Waals surface area contributed by atoms with Gasteiger partial charge < -0.3 is 14.8 Å². The average molecular weight is 326 g/mol. The summed E-state index contributed by atoms with van der Waals surface area (Å²) in [5, 5.41) is 11.4. The number of hydrogen-bond acceptors (Lipinski definition) is 8. The number of ether oxygens (including phenoxy) is 2. The maximum atomic E-state index is 11.5. The Morgan fingerprint density at radius 1 is 1.26 bits per heavy atom. The van der Waals surface area contributed by atoms with Gasteiger partial charge in [-0.25, -0.2) is 9.59 Å². The molecule has 124 valence electrons. The fourth-order valence-electron chi connectivity index (χ4n) is 1.39. The van der Waals surface area contributed by atoms with Crippen LogP contribution in [0.5, 0.6) is 5.75 Å². The molecule has 0 bridgehead atoms. The number of esters is 2. The zero-order chi connectivity index (χ0) is 17.4. The summed E-state index contributed by atoms with van der Waals surface area (Å²) in [7, 11) is 0. The van der Waals surface area contributed by atoms with Gasteiger partial charge in [0.05, 0.1) is 0 Å². The first-order chi connectivity index (χ1) is 10.8. The summed E-state index contributed by atoms with van der Waals surface area (Å²) in [4.78, 5) is 47.6. The molecule has 0 aliphatic heterocycles. The van der Waals surface area contributed by atoms with Gasteiger partial charge in [0.15, 0.2) is 6.61 Å². The molecule has 0 aromatic heterocycles. The van der Waals surface area contributed by atoms with E-state index in [0.29, 0.717) is 5.69 Å². The topological polar surface area (TPSA) is 134 Å². The van der Waals surface area contributed by atoms with Gasteiger partial charge in [0.1, 0.15) is 5.75 Å². The number of benzene rings is 1. The van der Waals surface area contributed by atoms with Crippen molar-refractivity contribution in [3.05, 3.63) is 34.4 Å². The van der Waals surface area contributed by atoms with Crippen LogP contribution in [0.2, 0.25) is 0 Å². The largest absolute Gasteiger partial charge is 0.452 e. The van der Waals surface area contributed by atoms with Gasteiger partial charge in [0, 0.05) is 12.6 Å². The molecule has 1 aromatic rings. The third-order valence-corrected chi connectivity index (χ3v) is 2.31. The lowest BCUT2D eigenvalue weighted by Gasteiger charge is -2.09. The lowest BCUT2D eigenvalue weighted by atomic mass is 10.3. The molecule has 1 atom stereocenters. The summed E-state index contributed by atoms with van der Waals surface area (Å²) < 4.78 is 9.40. The molecule has 10 nitrogen and oxygen atoms in total. The summed E-state index contributed by atoms with van der Waals surface area (Å²) in [5.74, 6) is -2.01. The van der Waals surface area contributed by atoms with E-state index in [2.05, 4.69) is 14.9 Å². The second-order valence-corrected chi connectivity index (χ2v) is 4.26. The van der Waals surface area contributed by atoms with Crippen LogP contribution in [0.15, 0.2) is 24.3 Å². The molecular weight excluding hydrogens is 312 g/mol. The summed E-state index contributed by atoms with van der Waals surface area (Å²) in [6.45, 7) is 1.74. The van der Waals surface area contributed by atoms with Crippen molar-refractivity contribution in [3.8, 4) is 5.75 Å². The third-order valence-electron chi connectivity index (χ3n) is 2.31. The van der Waals surface area contributed by atoms with Crippen molar-refractivity contribution in [1.82, 2.24) is 0 Å². The Morgan fingerprint density at radius 3 is 2.39 bits per heavy atom. The first-order valence-corrected chi connectivity index (χ1v) is 6.34. The molecule has 0 radical (unpaired) electrons. The second-order valence-electron chi connectivity index (χ2n) is 4.26. The smallest absolute Gasteiger partial charge is 0.349 e. The van der Waals surface area contributed by atoms with Crippen molar-refractivity contribution < 1.29 is 33.8 Å². The van der Waals surface area contributed by atoms with E-state index < -0.39 is 29.7 Å². The van der Waals surface area contributed by atoms with Crippen molar-refractivity contribution in [2.45, 2.75) is 20.0 Å². The van der Waals surface area contributed by atoms with Gasteiger partial charge in [0.25, 0.3) is 5.09 Å². The van der Waals surface area contributed by atoms with Crippen LogP contribution < -0.4 is 10.1 Å². The molecule has 1 N–H and O–H groups in total. The molecule has 1 amide bonds. The highest BCUT2D eigenvalue weighted by molar-refractivity contribution is 5.88. The number of amides is 1. The molecule has 1 rings (SSSR count). The summed E-state index contributed by atoms with van der Waals surface area (Å²) in [5.41, 5.74) is 0.523. The van der Waals surface area contributed by atoms with Crippen LogP contribution in [0.25, 0.3) is 0 Å². The molecule has 23 heavy (non-hydrogen) atoms. The first-order valence-electron chi connectivity index (χ1n) is 6.34. The van der Waals surface area contributed by atoms with E-state index in [1.54, 1.807) is 0 Å². The van der Waals surface area contributed by atoms with Crippen LogP contribution in [-0.4, -0.2) is 35.6 Å². The fraction of sp³-hybridized carbons (Fsp3) is 0.308. The minimum absolute atomic E-state index is 0.176. The molecule has 1 aromatic carbocycles. The zero-order valence-electron chi connectivity index (χ0n) is 12.3. The van der Waals surface area contributed by atoms with E-state index in [0.717, 1.165) is 6.92 Å². The molecule has 1 unspecified atom stereocenters. The lowest BCUT2D eigenvalue weighted by molar-refractivity contribution is -0.764. The monoisotopic (exact) mass is 326 g/mol. The summed E-state index contributed by atoms with van der Waals surface area (Å²) in [6.07, 6.45) is -1.45. The predicted molar refractivity (Wildman–Crippen MR) is 74.9 cm³/mol. The Morgan fingerprint density at radius 2 is 1.87 bits per heavy atom. The van der Waals surface area contributed by atoms with E-state index in [4.69, 9.17) is 4.74 Å². The van der Waals surface area contributed by atoms with Gasteiger partial charge in [-0.05, 0) is 31.2 Å². The van der Waals surface area contributed by atoms with E-state index in [-0.39, 0.29) is 11.7 Å². The minimum Gasteiger partial charge on any atom is -0.452 e.